The van der Waals surface area contributed by atoms with Crippen LogP contribution in [0.1, 0.15) is 15.9 Å². The number of rotatable bonds is 4. The van der Waals surface area contributed by atoms with Crippen LogP contribution in [0.15, 0.2) is 60.8 Å². The number of carbonyl (C=O) groups is 1. The number of anilines is 1. The second-order valence-electron chi connectivity index (χ2n) is 6.34. The van der Waals surface area contributed by atoms with E-state index in [0.29, 0.717) is 25.3 Å². The molecule has 1 N–H and O–H groups in total. The maximum absolute atomic E-state index is 12.7. The van der Waals surface area contributed by atoms with Crippen LogP contribution < -0.4 is 10.2 Å². The summed E-state index contributed by atoms with van der Waals surface area (Å²) in [7, 11) is 0. The summed E-state index contributed by atoms with van der Waals surface area (Å²) >= 11 is 0. The number of morpholine rings is 1. The second kappa shape index (κ2) is 7.54. The monoisotopic (exact) mass is 347 g/mol. The minimum Gasteiger partial charge on any atom is -0.378 e. The molecule has 1 amide bonds. The van der Waals surface area contributed by atoms with E-state index in [4.69, 9.17) is 4.74 Å². The van der Waals surface area contributed by atoms with Crippen molar-refractivity contribution in [1.29, 1.82) is 0 Å². The van der Waals surface area contributed by atoms with Gasteiger partial charge < -0.3 is 15.0 Å². The molecule has 2 aromatic carbocycles. The molecule has 0 radical (unpaired) electrons. The molecule has 0 unspecified atom stereocenters. The van der Waals surface area contributed by atoms with Crippen molar-refractivity contribution in [3.63, 3.8) is 0 Å². The molecule has 4 rings (SSSR count). The van der Waals surface area contributed by atoms with Crippen LogP contribution in [0.5, 0.6) is 0 Å². The van der Waals surface area contributed by atoms with Gasteiger partial charge in [0.1, 0.15) is 5.82 Å². The van der Waals surface area contributed by atoms with Crippen LogP contribution in [-0.4, -0.2) is 37.2 Å². The minimum absolute atomic E-state index is 0.104. The predicted molar refractivity (Wildman–Crippen MR) is 102 cm³/mol. The van der Waals surface area contributed by atoms with Crippen LogP contribution >= 0.6 is 0 Å². The van der Waals surface area contributed by atoms with Gasteiger partial charge in [-0.2, -0.15) is 0 Å². The highest BCUT2D eigenvalue weighted by Crippen LogP contribution is 2.19. The van der Waals surface area contributed by atoms with Gasteiger partial charge >= 0.3 is 0 Å². The normalized spacial score (nSPS) is 14.4. The molecular weight excluding hydrogens is 326 g/mol. The van der Waals surface area contributed by atoms with Crippen molar-refractivity contribution < 1.29 is 9.53 Å². The zero-order chi connectivity index (χ0) is 17.8. The van der Waals surface area contributed by atoms with Gasteiger partial charge in [0.15, 0.2) is 0 Å². The number of aromatic nitrogens is 1. The summed E-state index contributed by atoms with van der Waals surface area (Å²) in [6.45, 7) is 3.31. The third-order valence-electron chi connectivity index (χ3n) is 4.61. The third-order valence-corrected chi connectivity index (χ3v) is 4.61. The summed E-state index contributed by atoms with van der Waals surface area (Å²) in [5.41, 5.74) is 1.68. The van der Waals surface area contributed by atoms with Crippen LogP contribution in [0.3, 0.4) is 0 Å². The molecule has 0 saturated carbocycles. The van der Waals surface area contributed by atoms with Crippen molar-refractivity contribution in [3.05, 3.63) is 71.9 Å². The highest BCUT2D eigenvalue weighted by atomic mass is 16.5. The molecule has 1 saturated heterocycles. The van der Waals surface area contributed by atoms with Crippen molar-refractivity contribution in [1.82, 2.24) is 10.3 Å². The average Bonchev–Trinajstić information content (AvgIpc) is 2.72. The van der Waals surface area contributed by atoms with E-state index in [-0.39, 0.29) is 5.91 Å². The zero-order valence-electron chi connectivity index (χ0n) is 14.5. The smallest absolute Gasteiger partial charge is 0.255 e. The standard InChI is InChI=1S/C21H21N3O2/c25-21(19-6-3-9-22-20(19)24-10-12-26-13-11-24)23-15-16-7-8-17-4-1-2-5-18(17)14-16/h1-9,14H,10-13,15H2,(H,23,25). The van der Waals surface area contributed by atoms with E-state index >= 15 is 0 Å². The molecule has 0 bridgehead atoms. The Kier molecular flexibility index (Phi) is 4.80. The van der Waals surface area contributed by atoms with Gasteiger partial charge in [0.2, 0.25) is 0 Å². The third kappa shape index (κ3) is 3.53. The number of amides is 1. The predicted octanol–water partition coefficient (Wildman–Crippen LogP) is 3.00. The first-order valence-corrected chi connectivity index (χ1v) is 8.85. The maximum Gasteiger partial charge on any atom is 0.255 e. The van der Waals surface area contributed by atoms with Gasteiger partial charge in [0.25, 0.3) is 5.91 Å². The van der Waals surface area contributed by atoms with Crippen LogP contribution in [0.25, 0.3) is 10.8 Å². The van der Waals surface area contributed by atoms with Crippen LogP contribution in [0.2, 0.25) is 0 Å². The molecule has 1 aliphatic rings. The Labute approximate surface area is 152 Å². The van der Waals surface area contributed by atoms with Crippen molar-refractivity contribution in [3.8, 4) is 0 Å². The number of ether oxygens (including phenoxy) is 1. The highest BCUT2D eigenvalue weighted by molar-refractivity contribution is 5.99. The molecule has 3 aromatic rings. The SMILES string of the molecule is O=C(NCc1ccc2ccccc2c1)c1cccnc1N1CCOCC1. The Balaban J connectivity index is 1.49. The lowest BCUT2D eigenvalue weighted by molar-refractivity contribution is 0.0949. The van der Waals surface area contributed by atoms with Crippen LogP contribution in [-0.2, 0) is 11.3 Å². The average molecular weight is 347 g/mol. The molecular formula is C21H21N3O2. The van der Waals surface area contributed by atoms with E-state index in [9.17, 15) is 4.79 Å². The number of nitrogens with zero attached hydrogens (tertiary/aromatic N) is 2. The van der Waals surface area contributed by atoms with Gasteiger partial charge in [-0.3, -0.25) is 4.79 Å². The minimum atomic E-state index is -0.104. The van der Waals surface area contributed by atoms with E-state index in [1.165, 1.54) is 10.8 Å². The number of hydrogen-bond donors (Lipinski definition) is 1. The summed E-state index contributed by atoms with van der Waals surface area (Å²) in [5, 5.41) is 5.40. The molecule has 132 valence electrons. The van der Waals surface area contributed by atoms with Crippen LogP contribution in [0.4, 0.5) is 5.82 Å². The molecule has 0 spiro atoms. The van der Waals surface area contributed by atoms with Gasteiger partial charge in [-0.25, -0.2) is 4.98 Å². The van der Waals surface area contributed by atoms with Crippen molar-refractivity contribution in [2.75, 3.05) is 31.2 Å². The molecule has 1 aromatic heterocycles. The van der Waals surface area contributed by atoms with E-state index in [2.05, 4.69) is 45.5 Å². The fourth-order valence-corrected chi connectivity index (χ4v) is 3.23. The van der Waals surface area contributed by atoms with Gasteiger partial charge in [-0.15, -0.1) is 0 Å². The second-order valence-corrected chi connectivity index (χ2v) is 6.34. The molecule has 5 nitrogen and oxygen atoms in total. The first-order valence-electron chi connectivity index (χ1n) is 8.85. The maximum atomic E-state index is 12.7. The molecule has 2 heterocycles. The van der Waals surface area contributed by atoms with Crippen molar-refractivity contribution in [2.24, 2.45) is 0 Å². The Hall–Kier alpha value is -2.92. The Morgan fingerprint density at radius 1 is 1.04 bits per heavy atom. The zero-order valence-corrected chi connectivity index (χ0v) is 14.5. The molecule has 5 heteroatoms. The quantitative estimate of drug-likeness (QED) is 0.788. The first-order chi connectivity index (χ1) is 12.8. The lowest BCUT2D eigenvalue weighted by Crippen LogP contribution is -2.38. The summed E-state index contributed by atoms with van der Waals surface area (Å²) in [5.74, 6) is 0.625. The number of pyridine rings is 1. The lowest BCUT2D eigenvalue weighted by Gasteiger charge is -2.29. The van der Waals surface area contributed by atoms with E-state index in [1.54, 1.807) is 12.3 Å². The fraction of sp³-hybridized carbons (Fsp3) is 0.238. The van der Waals surface area contributed by atoms with E-state index < -0.39 is 0 Å². The van der Waals surface area contributed by atoms with E-state index in [1.807, 2.05) is 18.2 Å². The van der Waals surface area contributed by atoms with Gasteiger partial charge in [-0.05, 0) is 34.5 Å². The molecule has 0 atom stereocenters. The Morgan fingerprint density at radius 2 is 1.85 bits per heavy atom. The summed E-state index contributed by atoms with van der Waals surface area (Å²) < 4.78 is 5.39. The molecule has 1 aliphatic heterocycles. The topological polar surface area (TPSA) is 54.5 Å². The van der Waals surface area contributed by atoms with Crippen molar-refractivity contribution >= 4 is 22.5 Å². The van der Waals surface area contributed by atoms with Gasteiger partial charge in [0.05, 0.1) is 18.8 Å². The van der Waals surface area contributed by atoms with Crippen molar-refractivity contribution in [2.45, 2.75) is 6.54 Å². The number of fused-ring (bicyclic) bond motifs is 1. The first kappa shape index (κ1) is 16.5. The van der Waals surface area contributed by atoms with Gasteiger partial charge in [0, 0.05) is 25.8 Å². The summed E-state index contributed by atoms with van der Waals surface area (Å²) in [6.07, 6.45) is 1.73. The number of benzene rings is 2. The number of carbonyl (C=O) groups excluding carboxylic acids is 1. The lowest BCUT2D eigenvalue weighted by atomic mass is 10.1. The fourth-order valence-electron chi connectivity index (χ4n) is 3.23. The Bertz CT molecular complexity index is 920. The Morgan fingerprint density at radius 3 is 2.69 bits per heavy atom. The molecule has 1 fully saturated rings. The van der Waals surface area contributed by atoms with Crippen LogP contribution in [0, 0.1) is 0 Å². The van der Waals surface area contributed by atoms with Gasteiger partial charge in [-0.1, -0.05) is 36.4 Å². The molecule has 0 aliphatic carbocycles. The molecule has 26 heavy (non-hydrogen) atoms. The number of nitrogens with one attached hydrogen (secondary N) is 1. The largest absolute Gasteiger partial charge is 0.378 e. The summed E-state index contributed by atoms with van der Waals surface area (Å²) in [4.78, 5) is 19.3. The number of hydrogen-bond acceptors (Lipinski definition) is 4. The van der Waals surface area contributed by atoms with E-state index in [0.717, 1.165) is 24.5 Å². The highest BCUT2D eigenvalue weighted by Gasteiger charge is 2.19. The summed E-state index contributed by atoms with van der Waals surface area (Å²) in [6, 6.07) is 18.1.